The average Bonchev–Trinajstić information content (AvgIpc) is 2.45. The minimum Gasteiger partial charge on any atom is -0.315 e. The van der Waals surface area contributed by atoms with Crippen LogP contribution in [-0.4, -0.2) is 43.3 Å². The third-order valence-electron chi connectivity index (χ3n) is 2.73. The van der Waals surface area contributed by atoms with Gasteiger partial charge in [0.15, 0.2) is 0 Å². The molecular weight excluding hydrogens is 193 g/mol. The van der Waals surface area contributed by atoms with Crippen LogP contribution in [0.15, 0.2) is 0 Å². The molecule has 1 aliphatic rings. The molecule has 2 atom stereocenters. The first kappa shape index (κ1) is 11.8. The highest BCUT2D eigenvalue weighted by Crippen LogP contribution is 2.22. The topological polar surface area (TPSA) is 15.3 Å². The molecule has 2 unspecified atom stereocenters. The average molecular weight is 210 g/mol. The maximum Gasteiger partial charge on any atom is 0.401 e. The van der Waals surface area contributed by atoms with E-state index in [1.807, 2.05) is 6.92 Å². The standard InChI is InChI=1S/C9H17F3N2/c1-3-14(6-9(10,11)12)8-5-13-4-7(8)2/h7-8,13H,3-6H2,1-2H3. The van der Waals surface area contributed by atoms with Crippen LogP contribution < -0.4 is 5.32 Å². The highest BCUT2D eigenvalue weighted by Gasteiger charge is 2.36. The molecule has 1 aliphatic heterocycles. The number of rotatable bonds is 3. The predicted molar refractivity (Wildman–Crippen MR) is 49.1 cm³/mol. The molecule has 0 spiro atoms. The van der Waals surface area contributed by atoms with Crippen LogP contribution in [0.2, 0.25) is 0 Å². The van der Waals surface area contributed by atoms with Gasteiger partial charge in [-0.3, -0.25) is 4.90 Å². The van der Waals surface area contributed by atoms with E-state index < -0.39 is 12.7 Å². The second-order valence-corrected chi connectivity index (χ2v) is 3.88. The first-order valence-electron chi connectivity index (χ1n) is 4.95. The summed E-state index contributed by atoms with van der Waals surface area (Å²) in [5.74, 6) is 0.303. The molecule has 1 fully saturated rings. The second kappa shape index (κ2) is 4.49. The summed E-state index contributed by atoms with van der Waals surface area (Å²) >= 11 is 0. The first-order chi connectivity index (χ1) is 6.44. The quantitative estimate of drug-likeness (QED) is 0.759. The van der Waals surface area contributed by atoms with E-state index in [0.717, 1.165) is 6.54 Å². The molecule has 1 heterocycles. The number of likely N-dealkylation sites (N-methyl/N-ethyl adjacent to an activating group) is 1. The molecule has 1 rings (SSSR count). The van der Waals surface area contributed by atoms with Gasteiger partial charge in [-0.1, -0.05) is 13.8 Å². The summed E-state index contributed by atoms with van der Waals surface area (Å²) in [6.45, 7) is 4.92. The van der Waals surface area contributed by atoms with E-state index in [1.165, 1.54) is 4.90 Å². The van der Waals surface area contributed by atoms with Gasteiger partial charge in [0.05, 0.1) is 6.54 Å². The molecule has 1 saturated heterocycles. The molecule has 5 heteroatoms. The Morgan fingerprint density at radius 1 is 1.36 bits per heavy atom. The van der Waals surface area contributed by atoms with E-state index >= 15 is 0 Å². The molecule has 0 aromatic rings. The molecule has 84 valence electrons. The lowest BCUT2D eigenvalue weighted by Crippen LogP contribution is -2.45. The van der Waals surface area contributed by atoms with Gasteiger partial charge in [-0.05, 0) is 19.0 Å². The maximum atomic E-state index is 12.2. The van der Waals surface area contributed by atoms with Gasteiger partial charge in [0, 0.05) is 12.6 Å². The van der Waals surface area contributed by atoms with Gasteiger partial charge in [-0.2, -0.15) is 13.2 Å². The normalized spacial score (nSPS) is 28.7. The van der Waals surface area contributed by atoms with E-state index in [1.54, 1.807) is 6.92 Å². The van der Waals surface area contributed by atoms with Crippen molar-refractivity contribution in [2.45, 2.75) is 26.1 Å². The van der Waals surface area contributed by atoms with E-state index in [2.05, 4.69) is 5.32 Å². The zero-order valence-electron chi connectivity index (χ0n) is 8.56. The fourth-order valence-electron chi connectivity index (χ4n) is 1.98. The summed E-state index contributed by atoms with van der Waals surface area (Å²) in [5.41, 5.74) is 0. The van der Waals surface area contributed by atoms with Crippen molar-refractivity contribution >= 4 is 0 Å². The van der Waals surface area contributed by atoms with Crippen LogP contribution in [0.4, 0.5) is 13.2 Å². The zero-order valence-corrected chi connectivity index (χ0v) is 8.56. The lowest BCUT2D eigenvalue weighted by atomic mass is 10.0. The van der Waals surface area contributed by atoms with E-state index in [4.69, 9.17) is 0 Å². The van der Waals surface area contributed by atoms with Gasteiger partial charge in [0.2, 0.25) is 0 Å². The zero-order chi connectivity index (χ0) is 10.8. The van der Waals surface area contributed by atoms with E-state index in [9.17, 15) is 13.2 Å². The summed E-state index contributed by atoms with van der Waals surface area (Å²) in [6, 6.07) is 0.0293. The van der Waals surface area contributed by atoms with Crippen LogP contribution in [0.1, 0.15) is 13.8 Å². The van der Waals surface area contributed by atoms with Gasteiger partial charge >= 0.3 is 6.18 Å². The monoisotopic (exact) mass is 210 g/mol. The Morgan fingerprint density at radius 3 is 2.36 bits per heavy atom. The fourth-order valence-corrected chi connectivity index (χ4v) is 1.98. The van der Waals surface area contributed by atoms with Crippen LogP contribution in [0.25, 0.3) is 0 Å². The van der Waals surface area contributed by atoms with Gasteiger partial charge in [-0.15, -0.1) is 0 Å². The fraction of sp³-hybridized carbons (Fsp3) is 1.00. The van der Waals surface area contributed by atoms with Gasteiger partial charge in [-0.25, -0.2) is 0 Å². The SMILES string of the molecule is CCN(CC(F)(F)F)C1CNCC1C. The minimum absolute atomic E-state index is 0.0293. The summed E-state index contributed by atoms with van der Waals surface area (Å²) in [5, 5.41) is 3.11. The number of alkyl halides is 3. The summed E-state index contributed by atoms with van der Waals surface area (Å²) in [4.78, 5) is 1.50. The molecule has 0 saturated carbocycles. The first-order valence-corrected chi connectivity index (χ1v) is 4.95. The van der Waals surface area contributed by atoms with Crippen LogP contribution >= 0.6 is 0 Å². The van der Waals surface area contributed by atoms with Crippen LogP contribution in [0.5, 0.6) is 0 Å². The molecule has 0 bridgehead atoms. The Kier molecular flexibility index (Phi) is 3.78. The molecule has 0 aromatic carbocycles. The summed E-state index contributed by atoms with van der Waals surface area (Å²) < 4.78 is 36.6. The van der Waals surface area contributed by atoms with Crippen molar-refractivity contribution in [2.24, 2.45) is 5.92 Å². The van der Waals surface area contributed by atoms with Crippen LogP contribution in [-0.2, 0) is 0 Å². The number of nitrogens with one attached hydrogen (secondary N) is 1. The molecule has 0 radical (unpaired) electrons. The van der Waals surface area contributed by atoms with Crippen molar-refractivity contribution in [3.05, 3.63) is 0 Å². The molecule has 14 heavy (non-hydrogen) atoms. The third-order valence-corrected chi connectivity index (χ3v) is 2.73. The van der Waals surface area contributed by atoms with Crippen molar-refractivity contribution in [2.75, 3.05) is 26.2 Å². The summed E-state index contributed by atoms with van der Waals surface area (Å²) in [7, 11) is 0. The predicted octanol–water partition coefficient (Wildman–Crippen LogP) is 1.48. The smallest absolute Gasteiger partial charge is 0.315 e. The molecule has 2 nitrogen and oxygen atoms in total. The molecular formula is C9H17F3N2. The number of hydrogen-bond donors (Lipinski definition) is 1. The van der Waals surface area contributed by atoms with Crippen molar-refractivity contribution in [1.82, 2.24) is 10.2 Å². The van der Waals surface area contributed by atoms with Gasteiger partial charge < -0.3 is 5.32 Å². The minimum atomic E-state index is -4.08. The van der Waals surface area contributed by atoms with Gasteiger partial charge in [0.25, 0.3) is 0 Å². The highest BCUT2D eigenvalue weighted by atomic mass is 19.4. The Balaban J connectivity index is 2.53. The molecule has 0 aromatic heterocycles. The number of nitrogens with zero attached hydrogens (tertiary/aromatic N) is 1. The molecule has 0 aliphatic carbocycles. The molecule has 1 N–H and O–H groups in total. The Morgan fingerprint density at radius 2 is 2.00 bits per heavy atom. The number of halogens is 3. The number of hydrogen-bond acceptors (Lipinski definition) is 2. The highest BCUT2D eigenvalue weighted by molar-refractivity contribution is 4.86. The largest absolute Gasteiger partial charge is 0.401 e. The van der Waals surface area contributed by atoms with Crippen LogP contribution in [0, 0.1) is 5.92 Å². The Bertz CT molecular complexity index is 181. The van der Waals surface area contributed by atoms with Crippen molar-refractivity contribution in [1.29, 1.82) is 0 Å². The third kappa shape index (κ3) is 3.13. The van der Waals surface area contributed by atoms with Crippen molar-refractivity contribution in [3.63, 3.8) is 0 Å². The van der Waals surface area contributed by atoms with E-state index in [-0.39, 0.29) is 6.04 Å². The van der Waals surface area contributed by atoms with Crippen molar-refractivity contribution in [3.8, 4) is 0 Å². The Hall–Kier alpha value is -0.290. The lowest BCUT2D eigenvalue weighted by molar-refractivity contribution is -0.150. The Labute approximate surface area is 82.5 Å². The van der Waals surface area contributed by atoms with Crippen molar-refractivity contribution < 1.29 is 13.2 Å². The van der Waals surface area contributed by atoms with E-state index in [0.29, 0.717) is 19.0 Å². The second-order valence-electron chi connectivity index (χ2n) is 3.88. The van der Waals surface area contributed by atoms with Crippen LogP contribution in [0.3, 0.4) is 0 Å². The molecule has 0 amide bonds. The lowest BCUT2D eigenvalue weighted by Gasteiger charge is -2.30. The summed E-state index contributed by atoms with van der Waals surface area (Å²) in [6.07, 6.45) is -4.08. The maximum absolute atomic E-state index is 12.2. The van der Waals surface area contributed by atoms with Gasteiger partial charge in [0.1, 0.15) is 0 Å².